The molecule has 1 fully saturated rings. The number of nitriles is 1. The second-order valence-electron chi connectivity index (χ2n) is 3.70. The molecule has 2 unspecified atom stereocenters. The highest BCUT2D eigenvalue weighted by Crippen LogP contribution is 2.10. The SMILES string of the molecule is CCC(C#N)C(=O)NC1CCN(C)C1=O. The molecule has 1 saturated heterocycles. The first kappa shape index (κ1) is 11.5. The highest BCUT2D eigenvalue weighted by Gasteiger charge is 2.31. The van der Waals surface area contributed by atoms with E-state index in [-0.39, 0.29) is 11.8 Å². The van der Waals surface area contributed by atoms with Crippen LogP contribution in [0.15, 0.2) is 0 Å². The number of rotatable bonds is 3. The zero-order valence-electron chi connectivity index (χ0n) is 8.99. The molecule has 1 aliphatic rings. The van der Waals surface area contributed by atoms with Crippen molar-refractivity contribution in [2.45, 2.75) is 25.8 Å². The van der Waals surface area contributed by atoms with Gasteiger partial charge in [-0.1, -0.05) is 6.92 Å². The van der Waals surface area contributed by atoms with Crippen molar-refractivity contribution in [2.24, 2.45) is 5.92 Å². The molecule has 0 aromatic carbocycles. The lowest BCUT2D eigenvalue weighted by molar-refractivity contribution is -0.132. The lowest BCUT2D eigenvalue weighted by Gasteiger charge is -2.13. The number of likely N-dealkylation sites (N-methyl/N-ethyl adjacent to an activating group) is 1. The summed E-state index contributed by atoms with van der Waals surface area (Å²) in [5, 5.41) is 11.3. The quantitative estimate of drug-likeness (QED) is 0.704. The topological polar surface area (TPSA) is 73.2 Å². The van der Waals surface area contributed by atoms with E-state index in [9.17, 15) is 9.59 Å². The second kappa shape index (κ2) is 4.78. The summed E-state index contributed by atoms with van der Waals surface area (Å²) in [5.41, 5.74) is 0. The van der Waals surface area contributed by atoms with E-state index in [0.29, 0.717) is 19.4 Å². The minimum Gasteiger partial charge on any atom is -0.344 e. The minimum atomic E-state index is -0.649. The lowest BCUT2D eigenvalue weighted by Crippen LogP contribution is -2.43. The predicted molar refractivity (Wildman–Crippen MR) is 53.6 cm³/mol. The summed E-state index contributed by atoms with van der Waals surface area (Å²) in [6.45, 7) is 2.43. The fraction of sp³-hybridized carbons (Fsp3) is 0.700. The molecule has 2 atom stereocenters. The van der Waals surface area contributed by atoms with Crippen LogP contribution >= 0.6 is 0 Å². The summed E-state index contributed by atoms with van der Waals surface area (Å²) < 4.78 is 0. The van der Waals surface area contributed by atoms with Gasteiger partial charge in [0.2, 0.25) is 11.8 Å². The van der Waals surface area contributed by atoms with Crippen LogP contribution in [-0.4, -0.2) is 36.3 Å². The summed E-state index contributed by atoms with van der Waals surface area (Å²) in [7, 11) is 1.70. The van der Waals surface area contributed by atoms with Crippen LogP contribution in [0.2, 0.25) is 0 Å². The van der Waals surface area contributed by atoms with Crippen molar-refractivity contribution < 1.29 is 9.59 Å². The average molecular weight is 209 g/mol. The number of hydrogen-bond donors (Lipinski definition) is 1. The van der Waals surface area contributed by atoms with Crippen molar-refractivity contribution in [1.29, 1.82) is 5.26 Å². The molecule has 0 radical (unpaired) electrons. The van der Waals surface area contributed by atoms with Gasteiger partial charge in [-0.3, -0.25) is 9.59 Å². The molecule has 0 bridgehead atoms. The number of carbonyl (C=O) groups is 2. The van der Waals surface area contributed by atoms with Gasteiger partial charge in [0, 0.05) is 13.6 Å². The third kappa shape index (κ3) is 2.46. The van der Waals surface area contributed by atoms with Gasteiger partial charge in [-0.25, -0.2) is 0 Å². The zero-order valence-corrected chi connectivity index (χ0v) is 8.99. The van der Waals surface area contributed by atoms with Crippen LogP contribution in [0, 0.1) is 17.2 Å². The van der Waals surface area contributed by atoms with Gasteiger partial charge in [-0.15, -0.1) is 0 Å². The largest absolute Gasteiger partial charge is 0.344 e. The Balaban J connectivity index is 2.53. The number of likely N-dealkylation sites (tertiary alicyclic amines) is 1. The molecule has 2 amide bonds. The molecular formula is C10H15N3O2. The monoisotopic (exact) mass is 209 g/mol. The molecule has 0 spiro atoms. The maximum absolute atomic E-state index is 11.5. The van der Waals surface area contributed by atoms with Gasteiger partial charge < -0.3 is 10.2 Å². The molecule has 5 nitrogen and oxygen atoms in total. The number of amides is 2. The second-order valence-corrected chi connectivity index (χ2v) is 3.70. The minimum absolute atomic E-state index is 0.0730. The van der Waals surface area contributed by atoms with Gasteiger partial charge >= 0.3 is 0 Å². The van der Waals surface area contributed by atoms with Crippen molar-refractivity contribution in [3.05, 3.63) is 0 Å². The molecule has 1 N–H and O–H groups in total. The Labute approximate surface area is 89.0 Å². The van der Waals surface area contributed by atoms with Crippen LogP contribution in [0.25, 0.3) is 0 Å². The van der Waals surface area contributed by atoms with Crippen LogP contribution in [0.5, 0.6) is 0 Å². The highest BCUT2D eigenvalue weighted by molar-refractivity contribution is 5.90. The Morgan fingerprint density at radius 1 is 1.80 bits per heavy atom. The Bertz CT molecular complexity index is 308. The summed E-state index contributed by atoms with van der Waals surface area (Å²) in [5.74, 6) is -1.06. The first-order valence-corrected chi connectivity index (χ1v) is 5.05. The number of nitrogens with zero attached hydrogens (tertiary/aromatic N) is 2. The van der Waals surface area contributed by atoms with Crippen LogP contribution < -0.4 is 5.32 Å². The molecule has 0 aromatic rings. The first-order chi connectivity index (χ1) is 7.10. The van der Waals surface area contributed by atoms with Crippen molar-refractivity contribution in [1.82, 2.24) is 10.2 Å². The Kier molecular flexibility index (Phi) is 3.67. The number of carbonyl (C=O) groups excluding carboxylic acids is 2. The van der Waals surface area contributed by atoms with Gasteiger partial charge in [0.05, 0.1) is 6.07 Å². The predicted octanol–water partition coefficient (Wildman–Crippen LogP) is -0.117. The fourth-order valence-electron chi connectivity index (χ4n) is 1.56. The van der Waals surface area contributed by atoms with E-state index in [1.54, 1.807) is 18.9 Å². The maximum Gasteiger partial charge on any atom is 0.244 e. The molecule has 15 heavy (non-hydrogen) atoms. The van der Waals surface area contributed by atoms with E-state index >= 15 is 0 Å². The number of nitrogens with one attached hydrogen (secondary N) is 1. The normalized spacial score (nSPS) is 22.3. The van der Waals surface area contributed by atoms with Crippen molar-refractivity contribution >= 4 is 11.8 Å². The third-order valence-electron chi connectivity index (χ3n) is 2.62. The van der Waals surface area contributed by atoms with Crippen LogP contribution in [0.3, 0.4) is 0 Å². The standard InChI is InChI=1S/C10H15N3O2/c1-3-7(6-11)9(14)12-8-4-5-13(2)10(8)15/h7-8H,3-5H2,1-2H3,(H,12,14). The smallest absolute Gasteiger partial charge is 0.244 e. The van der Waals surface area contributed by atoms with Gasteiger partial charge in [0.1, 0.15) is 12.0 Å². The Morgan fingerprint density at radius 2 is 2.47 bits per heavy atom. The summed E-state index contributed by atoms with van der Waals surface area (Å²) in [6.07, 6.45) is 1.10. The molecule has 0 aliphatic carbocycles. The molecule has 1 heterocycles. The summed E-state index contributed by atoms with van der Waals surface area (Å²) >= 11 is 0. The Hall–Kier alpha value is -1.57. The van der Waals surface area contributed by atoms with Crippen molar-refractivity contribution in [3.63, 3.8) is 0 Å². The third-order valence-corrected chi connectivity index (χ3v) is 2.62. The van der Waals surface area contributed by atoms with E-state index in [1.807, 2.05) is 6.07 Å². The molecule has 0 saturated carbocycles. The summed E-state index contributed by atoms with van der Waals surface area (Å²) in [4.78, 5) is 24.6. The van der Waals surface area contributed by atoms with E-state index in [0.717, 1.165) is 0 Å². The molecule has 82 valence electrons. The molecule has 0 aromatic heterocycles. The van der Waals surface area contributed by atoms with E-state index in [1.165, 1.54) is 0 Å². The van der Waals surface area contributed by atoms with Gasteiger partial charge in [0.15, 0.2) is 0 Å². The molecular weight excluding hydrogens is 194 g/mol. The fourth-order valence-corrected chi connectivity index (χ4v) is 1.56. The molecule has 1 aliphatic heterocycles. The maximum atomic E-state index is 11.5. The van der Waals surface area contributed by atoms with E-state index in [4.69, 9.17) is 5.26 Å². The van der Waals surface area contributed by atoms with Crippen LogP contribution in [-0.2, 0) is 9.59 Å². The number of hydrogen-bond acceptors (Lipinski definition) is 3. The van der Waals surface area contributed by atoms with Gasteiger partial charge in [-0.05, 0) is 12.8 Å². The van der Waals surface area contributed by atoms with Crippen LogP contribution in [0.1, 0.15) is 19.8 Å². The van der Waals surface area contributed by atoms with E-state index in [2.05, 4.69) is 5.32 Å². The zero-order chi connectivity index (χ0) is 11.4. The van der Waals surface area contributed by atoms with Gasteiger partial charge in [-0.2, -0.15) is 5.26 Å². The summed E-state index contributed by atoms with van der Waals surface area (Å²) in [6, 6.07) is 1.47. The van der Waals surface area contributed by atoms with Gasteiger partial charge in [0.25, 0.3) is 0 Å². The van der Waals surface area contributed by atoms with E-state index < -0.39 is 12.0 Å². The lowest BCUT2D eigenvalue weighted by atomic mass is 10.1. The Morgan fingerprint density at radius 3 is 2.87 bits per heavy atom. The van der Waals surface area contributed by atoms with Crippen molar-refractivity contribution in [2.75, 3.05) is 13.6 Å². The molecule has 5 heteroatoms. The van der Waals surface area contributed by atoms with Crippen LogP contribution in [0.4, 0.5) is 0 Å². The molecule has 1 rings (SSSR count). The average Bonchev–Trinajstić information content (AvgIpc) is 2.52. The van der Waals surface area contributed by atoms with Crippen molar-refractivity contribution in [3.8, 4) is 6.07 Å². The highest BCUT2D eigenvalue weighted by atomic mass is 16.2. The first-order valence-electron chi connectivity index (χ1n) is 5.05.